The lowest BCUT2D eigenvalue weighted by Gasteiger charge is -2.13. The van der Waals surface area contributed by atoms with Crippen molar-refractivity contribution >= 4 is 35.1 Å². The molecule has 0 aliphatic heterocycles. The van der Waals surface area contributed by atoms with Gasteiger partial charge in [-0.2, -0.15) is 0 Å². The van der Waals surface area contributed by atoms with Crippen LogP contribution in [0.25, 0.3) is 0 Å². The van der Waals surface area contributed by atoms with Crippen molar-refractivity contribution in [2.45, 2.75) is 155 Å². The Balaban J connectivity index is 3.87. The maximum atomic E-state index is 12.3. The summed E-state index contributed by atoms with van der Waals surface area (Å²) in [6, 6.07) is 0. The second-order valence-corrected chi connectivity index (χ2v) is 11.5. The number of aliphatic carboxylic acids is 2. The van der Waals surface area contributed by atoms with E-state index in [2.05, 4.69) is 0 Å². The predicted octanol–water partition coefficient (Wildman–Crippen LogP) is 7.29. The van der Waals surface area contributed by atoms with Gasteiger partial charge in [-0.05, 0) is 39.5 Å². The molecule has 0 spiro atoms. The van der Waals surface area contributed by atoms with Gasteiger partial charge in [0.25, 0.3) is 0 Å². The Hall–Kier alpha value is -2.38. The number of carbonyl (C=O) groups is 6. The van der Waals surface area contributed by atoms with E-state index >= 15 is 0 Å². The van der Waals surface area contributed by atoms with Crippen LogP contribution in [0.15, 0.2) is 0 Å². The normalized spacial score (nSPS) is 12.6. The summed E-state index contributed by atoms with van der Waals surface area (Å²) in [4.78, 5) is 69.4. The maximum absolute atomic E-state index is 12.3. The maximum Gasteiger partial charge on any atom is 0.306 e. The molecule has 0 aliphatic rings. The zero-order valence-corrected chi connectivity index (χ0v) is 25.1. The first-order chi connectivity index (χ1) is 19.0. The first-order valence-electron chi connectivity index (χ1n) is 15.5. The molecule has 2 N–H and O–H groups in total. The van der Waals surface area contributed by atoms with Crippen LogP contribution in [0, 0.1) is 11.8 Å². The smallest absolute Gasteiger partial charge is 0.306 e. The fourth-order valence-electron chi connectivity index (χ4n) is 4.91. The minimum absolute atomic E-state index is 0.0140. The highest BCUT2D eigenvalue weighted by Crippen LogP contribution is 2.20. The first kappa shape index (κ1) is 37.6. The van der Waals surface area contributed by atoms with Crippen LogP contribution in [0.1, 0.15) is 155 Å². The van der Waals surface area contributed by atoms with Gasteiger partial charge in [-0.25, -0.2) is 0 Å². The first-order valence-corrected chi connectivity index (χ1v) is 15.5. The topological polar surface area (TPSA) is 143 Å². The molecule has 8 heteroatoms. The monoisotopic (exact) mass is 566 g/mol. The lowest BCUT2D eigenvalue weighted by atomic mass is 9.90. The fourth-order valence-corrected chi connectivity index (χ4v) is 4.91. The van der Waals surface area contributed by atoms with E-state index < -0.39 is 23.8 Å². The molecular weight excluding hydrogens is 512 g/mol. The third-order valence-electron chi connectivity index (χ3n) is 7.50. The molecule has 0 bridgehead atoms. The van der Waals surface area contributed by atoms with Gasteiger partial charge in [-0.3, -0.25) is 19.2 Å². The lowest BCUT2D eigenvalue weighted by molar-refractivity contribution is -0.145. The molecular formula is C32H54O8. The van der Waals surface area contributed by atoms with Gasteiger partial charge in [-0.15, -0.1) is 0 Å². The van der Waals surface area contributed by atoms with Gasteiger partial charge >= 0.3 is 11.9 Å². The number of carbonyl (C=O) groups excluding carboxylic acids is 4. The molecule has 0 radical (unpaired) electrons. The molecule has 0 saturated heterocycles. The van der Waals surface area contributed by atoms with Crippen molar-refractivity contribution in [2.24, 2.45) is 11.8 Å². The molecule has 0 aromatic carbocycles. The van der Waals surface area contributed by atoms with Crippen molar-refractivity contribution in [1.29, 1.82) is 0 Å². The molecule has 0 amide bonds. The zero-order chi connectivity index (χ0) is 30.2. The van der Waals surface area contributed by atoms with E-state index in [4.69, 9.17) is 0 Å². The molecule has 2 atom stereocenters. The van der Waals surface area contributed by atoms with Crippen LogP contribution in [-0.2, 0) is 28.8 Å². The van der Waals surface area contributed by atoms with Crippen molar-refractivity contribution in [3.63, 3.8) is 0 Å². The summed E-state index contributed by atoms with van der Waals surface area (Å²) in [6.45, 7) is 3.02. The Kier molecular flexibility index (Phi) is 23.0. The number of ketones is 4. The summed E-state index contributed by atoms with van der Waals surface area (Å²) < 4.78 is 0. The van der Waals surface area contributed by atoms with Crippen LogP contribution in [0.2, 0.25) is 0 Å². The number of carboxylic acids is 2. The Labute approximate surface area is 241 Å². The van der Waals surface area contributed by atoms with Gasteiger partial charge in [0.15, 0.2) is 0 Å². The van der Waals surface area contributed by atoms with Crippen molar-refractivity contribution in [1.82, 2.24) is 0 Å². The summed E-state index contributed by atoms with van der Waals surface area (Å²) in [7, 11) is 0. The van der Waals surface area contributed by atoms with Gasteiger partial charge in [-0.1, -0.05) is 77.0 Å². The molecule has 230 valence electrons. The highest BCUT2D eigenvalue weighted by atomic mass is 16.4. The highest BCUT2D eigenvalue weighted by Gasteiger charge is 2.25. The van der Waals surface area contributed by atoms with E-state index in [9.17, 15) is 39.0 Å². The minimum atomic E-state index is -1.14. The van der Waals surface area contributed by atoms with Crippen LogP contribution >= 0.6 is 0 Å². The van der Waals surface area contributed by atoms with Crippen LogP contribution in [-0.4, -0.2) is 45.3 Å². The third-order valence-corrected chi connectivity index (χ3v) is 7.50. The van der Waals surface area contributed by atoms with Crippen LogP contribution < -0.4 is 0 Å². The van der Waals surface area contributed by atoms with Crippen molar-refractivity contribution in [3.8, 4) is 0 Å². The van der Waals surface area contributed by atoms with E-state index in [1.54, 1.807) is 6.92 Å². The van der Waals surface area contributed by atoms with Crippen LogP contribution in [0.3, 0.4) is 0 Å². The summed E-state index contributed by atoms with van der Waals surface area (Å²) in [5.41, 5.74) is 0. The number of Topliss-reactive ketones (excluding diaryl/α,β-unsaturated/α-hetero) is 4. The fraction of sp³-hybridized carbons (Fsp3) is 0.812. The SMILES string of the molecule is CC(=O)CCCCCCCCCCCCCCCCC(=O)C[C@@H](CCC(=O)C[C@@H](CCC(C)=O)C(=O)O)C(=O)O. The standard InChI is InChI=1S/C32H54O8/c1-25(33)17-15-13-11-9-7-5-3-4-6-8-10-12-14-16-18-29(35)23-28(32(39)40)21-22-30(36)24-27(31(37)38)20-19-26(2)34/h27-28H,3-24H2,1-2H3,(H,37,38)(H,39,40)/t27-,28-/m1/s1. The van der Waals surface area contributed by atoms with Crippen molar-refractivity contribution in [3.05, 3.63) is 0 Å². The second-order valence-electron chi connectivity index (χ2n) is 11.5. The molecule has 0 aromatic rings. The molecule has 8 nitrogen and oxygen atoms in total. The van der Waals surface area contributed by atoms with Gasteiger partial charge < -0.3 is 19.8 Å². The van der Waals surface area contributed by atoms with Gasteiger partial charge in [0, 0.05) is 38.5 Å². The number of unbranched alkanes of at least 4 members (excludes halogenated alkanes) is 13. The molecule has 0 unspecified atom stereocenters. The Morgan fingerprint density at radius 1 is 0.425 bits per heavy atom. The highest BCUT2D eigenvalue weighted by molar-refractivity contribution is 5.86. The molecule has 0 aliphatic carbocycles. The molecule has 0 rings (SSSR count). The van der Waals surface area contributed by atoms with Gasteiger partial charge in [0.1, 0.15) is 23.1 Å². The van der Waals surface area contributed by atoms with E-state index in [1.807, 2.05) is 0 Å². The molecule has 0 heterocycles. The second kappa shape index (κ2) is 24.4. The summed E-state index contributed by atoms with van der Waals surface area (Å²) in [5.74, 6) is -4.46. The number of hydrogen-bond donors (Lipinski definition) is 2. The summed E-state index contributed by atoms with van der Waals surface area (Å²) in [5, 5.41) is 18.7. The Morgan fingerprint density at radius 2 is 0.725 bits per heavy atom. The quantitative estimate of drug-likeness (QED) is 0.0899. The van der Waals surface area contributed by atoms with E-state index in [-0.39, 0.29) is 61.7 Å². The molecule has 0 fully saturated rings. The van der Waals surface area contributed by atoms with Gasteiger partial charge in [0.05, 0.1) is 11.8 Å². The summed E-state index contributed by atoms with van der Waals surface area (Å²) in [6.07, 6.45) is 16.9. The number of carboxylic acid groups (broad SMARTS) is 2. The van der Waals surface area contributed by atoms with Crippen LogP contribution in [0.5, 0.6) is 0 Å². The number of rotatable bonds is 29. The Morgan fingerprint density at radius 3 is 1.07 bits per heavy atom. The summed E-state index contributed by atoms with van der Waals surface area (Å²) >= 11 is 0. The third kappa shape index (κ3) is 23.5. The molecule has 0 saturated carbocycles. The molecule has 40 heavy (non-hydrogen) atoms. The van der Waals surface area contributed by atoms with E-state index in [0.29, 0.717) is 6.42 Å². The van der Waals surface area contributed by atoms with E-state index in [0.717, 1.165) is 44.9 Å². The minimum Gasteiger partial charge on any atom is -0.481 e. The Bertz CT molecular complexity index is 773. The average Bonchev–Trinajstić information content (AvgIpc) is 2.87. The van der Waals surface area contributed by atoms with Gasteiger partial charge in [0.2, 0.25) is 0 Å². The van der Waals surface area contributed by atoms with Crippen molar-refractivity contribution < 1.29 is 39.0 Å². The number of hydrogen-bond acceptors (Lipinski definition) is 6. The lowest BCUT2D eigenvalue weighted by Crippen LogP contribution is -2.22. The van der Waals surface area contributed by atoms with E-state index in [1.165, 1.54) is 58.3 Å². The zero-order valence-electron chi connectivity index (χ0n) is 25.1. The average molecular weight is 567 g/mol. The largest absolute Gasteiger partial charge is 0.481 e. The predicted molar refractivity (Wildman–Crippen MR) is 155 cm³/mol. The van der Waals surface area contributed by atoms with Crippen molar-refractivity contribution in [2.75, 3.05) is 0 Å². The molecule has 0 aromatic heterocycles. The van der Waals surface area contributed by atoms with Crippen LogP contribution in [0.4, 0.5) is 0 Å².